The van der Waals surface area contributed by atoms with E-state index in [9.17, 15) is 9.59 Å². The molecule has 0 saturated carbocycles. The van der Waals surface area contributed by atoms with Crippen LogP contribution >= 0.6 is 11.8 Å². The highest BCUT2D eigenvalue weighted by atomic mass is 32.2. The zero-order valence-corrected chi connectivity index (χ0v) is 14.4. The summed E-state index contributed by atoms with van der Waals surface area (Å²) in [7, 11) is 0. The van der Waals surface area contributed by atoms with Crippen LogP contribution in [0.1, 0.15) is 32.8 Å². The minimum Gasteiger partial charge on any atom is -0.458 e. The van der Waals surface area contributed by atoms with Crippen LogP contribution in [0.5, 0.6) is 0 Å². The van der Waals surface area contributed by atoms with Gasteiger partial charge in [-0.05, 0) is 46.2 Å². The summed E-state index contributed by atoms with van der Waals surface area (Å²) >= 11 is 1.50. The van der Waals surface area contributed by atoms with Crippen molar-refractivity contribution in [3.63, 3.8) is 0 Å². The Morgan fingerprint density at radius 1 is 1.27 bits per heavy atom. The second-order valence-electron chi connectivity index (χ2n) is 6.03. The summed E-state index contributed by atoms with van der Waals surface area (Å²) in [5, 5.41) is -0.179. The Morgan fingerprint density at radius 3 is 2.45 bits per heavy atom. The van der Waals surface area contributed by atoms with Crippen molar-refractivity contribution in [2.75, 3.05) is 13.2 Å². The first-order valence-electron chi connectivity index (χ1n) is 7.28. The molecule has 0 aliphatic heterocycles. The van der Waals surface area contributed by atoms with Gasteiger partial charge in [0.25, 0.3) is 0 Å². The van der Waals surface area contributed by atoms with Crippen molar-refractivity contribution < 1.29 is 19.1 Å². The molecule has 0 aliphatic carbocycles. The van der Waals surface area contributed by atoms with Gasteiger partial charge in [-0.2, -0.15) is 0 Å². The van der Waals surface area contributed by atoms with Crippen molar-refractivity contribution in [3.05, 3.63) is 29.8 Å². The predicted molar refractivity (Wildman–Crippen MR) is 88.2 cm³/mol. The zero-order valence-electron chi connectivity index (χ0n) is 13.6. The zero-order chi connectivity index (χ0) is 16.6. The number of carbonyl (C=O) groups is 2. The molecule has 1 aromatic rings. The standard InChI is InChI=1S/C17H24O4S/c1-13-5-7-14(8-6-13)22-15(11-18)9-10-20-12-16(19)21-17(2,3)4/h5-8,11,15H,9-10,12H2,1-4H3. The van der Waals surface area contributed by atoms with E-state index >= 15 is 0 Å². The molecule has 0 aromatic heterocycles. The van der Waals surface area contributed by atoms with E-state index in [4.69, 9.17) is 9.47 Å². The number of benzene rings is 1. The molecule has 22 heavy (non-hydrogen) atoms. The molecule has 0 radical (unpaired) electrons. The van der Waals surface area contributed by atoms with Crippen LogP contribution in [0.2, 0.25) is 0 Å². The number of rotatable bonds is 8. The Bertz CT molecular complexity index is 476. The third-order valence-corrected chi connectivity index (χ3v) is 3.84. The molecule has 0 fully saturated rings. The monoisotopic (exact) mass is 324 g/mol. The Morgan fingerprint density at radius 2 is 1.91 bits per heavy atom. The molecule has 0 heterocycles. The smallest absolute Gasteiger partial charge is 0.332 e. The third-order valence-electron chi connectivity index (χ3n) is 2.65. The Kier molecular flexibility index (Phi) is 7.62. The van der Waals surface area contributed by atoms with Crippen molar-refractivity contribution in [3.8, 4) is 0 Å². The summed E-state index contributed by atoms with van der Waals surface area (Å²) in [6.07, 6.45) is 1.48. The van der Waals surface area contributed by atoms with Gasteiger partial charge in [-0.3, -0.25) is 0 Å². The van der Waals surface area contributed by atoms with Gasteiger partial charge in [0.05, 0.1) is 5.25 Å². The summed E-state index contributed by atoms with van der Waals surface area (Å²) in [5.41, 5.74) is 0.681. The number of hydrogen-bond acceptors (Lipinski definition) is 5. The van der Waals surface area contributed by atoms with Gasteiger partial charge in [-0.1, -0.05) is 17.7 Å². The molecule has 1 unspecified atom stereocenters. The van der Waals surface area contributed by atoms with E-state index in [1.54, 1.807) is 0 Å². The van der Waals surface area contributed by atoms with Gasteiger partial charge < -0.3 is 14.3 Å². The normalized spacial score (nSPS) is 12.7. The molecule has 0 amide bonds. The molecule has 0 N–H and O–H groups in total. The molecular formula is C17H24O4S. The molecule has 122 valence electrons. The molecule has 0 saturated heterocycles. The third kappa shape index (κ3) is 8.20. The van der Waals surface area contributed by atoms with Gasteiger partial charge in [-0.25, -0.2) is 4.79 Å². The van der Waals surface area contributed by atoms with Crippen LogP contribution in [0.25, 0.3) is 0 Å². The minimum atomic E-state index is -0.507. The fourth-order valence-electron chi connectivity index (χ4n) is 1.67. The lowest BCUT2D eigenvalue weighted by Crippen LogP contribution is -2.26. The maximum Gasteiger partial charge on any atom is 0.332 e. The summed E-state index contributed by atoms with van der Waals surface area (Å²) in [6, 6.07) is 8.03. The number of esters is 1. The van der Waals surface area contributed by atoms with E-state index in [0.717, 1.165) is 11.2 Å². The highest BCUT2D eigenvalue weighted by Gasteiger charge is 2.16. The lowest BCUT2D eigenvalue weighted by Gasteiger charge is -2.19. The molecule has 1 aromatic carbocycles. The van der Waals surface area contributed by atoms with Crippen LogP contribution in [-0.2, 0) is 19.1 Å². The fourth-order valence-corrected chi connectivity index (χ4v) is 2.58. The first-order chi connectivity index (χ1) is 10.3. The number of ether oxygens (including phenoxy) is 2. The summed E-state index contributed by atoms with van der Waals surface area (Å²) < 4.78 is 10.4. The second kappa shape index (κ2) is 8.96. The maximum absolute atomic E-state index is 11.5. The maximum atomic E-state index is 11.5. The minimum absolute atomic E-state index is 0.0853. The van der Waals surface area contributed by atoms with E-state index < -0.39 is 5.60 Å². The Hall–Kier alpha value is -1.33. The van der Waals surface area contributed by atoms with Crippen LogP contribution in [0.4, 0.5) is 0 Å². The van der Waals surface area contributed by atoms with E-state index in [0.29, 0.717) is 13.0 Å². The van der Waals surface area contributed by atoms with E-state index in [-0.39, 0.29) is 17.8 Å². The lowest BCUT2D eigenvalue weighted by atomic mass is 10.2. The van der Waals surface area contributed by atoms with E-state index in [1.807, 2.05) is 52.0 Å². The largest absolute Gasteiger partial charge is 0.458 e. The van der Waals surface area contributed by atoms with Gasteiger partial charge in [-0.15, -0.1) is 11.8 Å². The van der Waals surface area contributed by atoms with Crippen LogP contribution in [0.15, 0.2) is 29.2 Å². The number of aldehydes is 1. The van der Waals surface area contributed by atoms with Crippen molar-refractivity contribution in [1.29, 1.82) is 0 Å². The van der Waals surface area contributed by atoms with Gasteiger partial charge in [0, 0.05) is 11.5 Å². The molecule has 4 nitrogen and oxygen atoms in total. The summed E-state index contributed by atoms with van der Waals surface area (Å²) in [5.74, 6) is -0.388. The topological polar surface area (TPSA) is 52.6 Å². The van der Waals surface area contributed by atoms with Crippen LogP contribution in [0.3, 0.4) is 0 Å². The first kappa shape index (κ1) is 18.7. The summed E-state index contributed by atoms with van der Waals surface area (Å²) in [6.45, 7) is 7.72. The van der Waals surface area contributed by atoms with Crippen molar-refractivity contribution in [2.45, 2.75) is 49.9 Å². The number of aryl methyl sites for hydroxylation is 1. The van der Waals surface area contributed by atoms with Crippen LogP contribution in [0, 0.1) is 6.92 Å². The molecule has 5 heteroatoms. The predicted octanol–water partition coefficient (Wildman–Crippen LogP) is 3.40. The highest BCUT2D eigenvalue weighted by Crippen LogP contribution is 2.24. The number of thioether (sulfide) groups is 1. The van der Waals surface area contributed by atoms with E-state index in [2.05, 4.69) is 0 Å². The van der Waals surface area contributed by atoms with Gasteiger partial charge >= 0.3 is 5.97 Å². The first-order valence-corrected chi connectivity index (χ1v) is 8.16. The van der Waals surface area contributed by atoms with Crippen LogP contribution < -0.4 is 0 Å². The average Bonchev–Trinajstić information content (AvgIpc) is 2.42. The van der Waals surface area contributed by atoms with Crippen molar-refractivity contribution in [1.82, 2.24) is 0 Å². The molecule has 0 spiro atoms. The van der Waals surface area contributed by atoms with Gasteiger partial charge in [0.2, 0.25) is 0 Å². The van der Waals surface area contributed by atoms with Gasteiger partial charge in [0.1, 0.15) is 18.5 Å². The van der Waals surface area contributed by atoms with Crippen LogP contribution in [-0.4, -0.2) is 36.3 Å². The molecule has 1 atom stereocenters. The summed E-state index contributed by atoms with van der Waals surface area (Å²) in [4.78, 5) is 23.6. The van der Waals surface area contributed by atoms with Gasteiger partial charge in [0.15, 0.2) is 0 Å². The molecule has 0 aliphatic rings. The molecule has 1 rings (SSSR count). The second-order valence-corrected chi connectivity index (χ2v) is 7.35. The molecule has 0 bridgehead atoms. The Labute approximate surface area is 136 Å². The highest BCUT2D eigenvalue weighted by molar-refractivity contribution is 8.00. The Balaban J connectivity index is 2.28. The SMILES string of the molecule is Cc1ccc(SC(C=O)CCOCC(=O)OC(C)(C)C)cc1. The molecular weight excluding hydrogens is 300 g/mol. The average molecular weight is 324 g/mol. The number of carbonyl (C=O) groups excluding carboxylic acids is 2. The van der Waals surface area contributed by atoms with Crippen molar-refractivity contribution in [2.24, 2.45) is 0 Å². The quantitative estimate of drug-likeness (QED) is 0.317. The number of hydrogen-bond donors (Lipinski definition) is 0. The lowest BCUT2D eigenvalue weighted by molar-refractivity contribution is -0.160. The van der Waals surface area contributed by atoms with Crippen molar-refractivity contribution >= 4 is 24.0 Å². The fraction of sp³-hybridized carbons (Fsp3) is 0.529. The van der Waals surface area contributed by atoms with E-state index in [1.165, 1.54) is 17.3 Å².